The van der Waals surface area contributed by atoms with Crippen molar-refractivity contribution in [3.05, 3.63) is 0 Å². The van der Waals surface area contributed by atoms with Crippen LogP contribution in [-0.2, 0) is 0 Å². The summed E-state index contributed by atoms with van der Waals surface area (Å²) >= 11 is 0. The van der Waals surface area contributed by atoms with Gasteiger partial charge in [-0.3, -0.25) is 0 Å². The first-order valence-corrected chi connectivity index (χ1v) is 5.77. The molecular formula is C11H20F3NO. The first-order chi connectivity index (χ1) is 7.35. The van der Waals surface area contributed by atoms with Gasteiger partial charge in [-0.25, -0.2) is 0 Å². The Labute approximate surface area is 94.2 Å². The fourth-order valence-electron chi connectivity index (χ4n) is 1.62. The van der Waals surface area contributed by atoms with Crippen molar-refractivity contribution < 1.29 is 18.3 Å². The molecule has 1 fully saturated rings. The summed E-state index contributed by atoms with van der Waals surface area (Å²) in [5.41, 5.74) is -0.562. The highest BCUT2D eigenvalue weighted by Gasteiger charge is 2.31. The highest BCUT2D eigenvalue weighted by Crippen LogP contribution is 2.29. The van der Waals surface area contributed by atoms with Crippen LogP contribution in [0.4, 0.5) is 13.2 Å². The van der Waals surface area contributed by atoms with Crippen LogP contribution in [0.2, 0.25) is 0 Å². The normalized spacial score (nSPS) is 20.8. The Morgan fingerprint density at radius 2 is 1.88 bits per heavy atom. The second kappa shape index (κ2) is 5.36. The molecule has 0 saturated heterocycles. The zero-order valence-electron chi connectivity index (χ0n) is 9.61. The lowest BCUT2D eigenvalue weighted by molar-refractivity contribution is -0.136. The van der Waals surface area contributed by atoms with Gasteiger partial charge in [-0.2, -0.15) is 13.2 Å². The molecule has 0 aromatic carbocycles. The van der Waals surface area contributed by atoms with Crippen LogP contribution >= 0.6 is 0 Å². The van der Waals surface area contributed by atoms with Crippen LogP contribution in [0.15, 0.2) is 0 Å². The maximum Gasteiger partial charge on any atom is 0.389 e. The largest absolute Gasteiger partial charge is 0.394 e. The first kappa shape index (κ1) is 13.8. The third kappa shape index (κ3) is 5.70. The Bertz CT molecular complexity index is 216. The minimum Gasteiger partial charge on any atom is -0.394 e. The first-order valence-electron chi connectivity index (χ1n) is 5.77. The van der Waals surface area contributed by atoms with Crippen molar-refractivity contribution in [2.45, 2.75) is 50.7 Å². The van der Waals surface area contributed by atoms with Crippen molar-refractivity contribution in [2.75, 3.05) is 13.2 Å². The maximum absolute atomic E-state index is 12.0. The Kier molecular flexibility index (Phi) is 4.62. The fraction of sp³-hybridized carbons (Fsp3) is 1.00. The Morgan fingerprint density at radius 1 is 1.25 bits per heavy atom. The summed E-state index contributed by atoms with van der Waals surface area (Å²) in [6, 6.07) is 0. The molecule has 0 bridgehead atoms. The van der Waals surface area contributed by atoms with Gasteiger partial charge in [0.05, 0.1) is 6.61 Å². The van der Waals surface area contributed by atoms with Gasteiger partial charge in [-0.05, 0) is 45.1 Å². The molecular weight excluding hydrogens is 219 g/mol. The van der Waals surface area contributed by atoms with E-state index in [1.54, 1.807) is 6.92 Å². The van der Waals surface area contributed by atoms with E-state index in [-0.39, 0.29) is 13.0 Å². The molecule has 1 rings (SSSR count). The van der Waals surface area contributed by atoms with Crippen LogP contribution in [0, 0.1) is 5.92 Å². The lowest BCUT2D eigenvalue weighted by Gasteiger charge is -2.29. The smallest absolute Gasteiger partial charge is 0.389 e. The highest BCUT2D eigenvalue weighted by atomic mass is 19.4. The monoisotopic (exact) mass is 239 g/mol. The van der Waals surface area contributed by atoms with Gasteiger partial charge < -0.3 is 10.4 Å². The summed E-state index contributed by atoms with van der Waals surface area (Å²) in [7, 11) is 0. The number of nitrogens with one attached hydrogen (secondary N) is 1. The third-order valence-electron chi connectivity index (χ3n) is 3.05. The standard InChI is InChI=1S/C11H20F3NO/c1-10(8-16,15-7-9-3-4-9)5-2-6-11(12,13)14/h9,15-16H,2-8H2,1H3. The number of aliphatic hydroxyl groups is 1. The average molecular weight is 239 g/mol. The zero-order valence-corrected chi connectivity index (χ0v) is 9.61. The summed E-state index contributed by atoms with van der Waals surface area (Å²) in [6.45, 7) is 2.48. The number of alkyl halides is 3. The van der Waals surface area contributed by atoms with E-state index in [0.717, 1.165) is 6.54 Å². The zero-order chi connectivity index (χ0) is 12.2. The van der Waals surface area contributed by atoms with Crippen LogP contribution < -0.4 is 5.32 Å². The van der Waals surface area contributed by atoms with Gasteiger partial charge in [0, 0.05) is 12.0 Å². The molecule has 96 valence electrons. The predicted molar refractivity (Wildman–Crippen MR) is 56.1 cm³/mol. The summed E-state index contributed by atoms with van der Waals surface area (Å²) in [6.07, 6.45) is -2.05. The van der Waals surface area contributed by atoms with Crippen LogP contribution in [0.25, 0.3) is 0 Å². The van der Waals surface area contributed by atoms with E-state index < -0.39 is 18.1 Å². The molecule has 1 aliphatic rings. The number of halogens is 3. The molecule has 0 aromatic rings. The van der Waals surface area contributed by atoms with Gasteiger partial charge in [0.15, 0.2) is 0 Å². The number of hydrogen-bond donors (Lipinski definition) is 2. The van der Waals surface area contributed by atoms with Crippen molar-refractivity contribution in [3.63, 3.8) is 0 Å². The van der Waals surface area contributed by atoms with E-state index in [0.29, 0.717) is 12.3 Å². The molecule has 0 aromatic heterocycles. The minimum absolute atomic E-state index is 0.0677. The lowest BCUT2D eigenvalue weighted by Crippen LogP contribution is -2.46. The van der Waals surface area contributed by atoms with Crippen LogP contribution in [-0.4, -0.2) is 30.0 Å². The molecule has 2 N–H and O–H groups in total. The Balaban J connectivity index is 2.22. The summed E-state index contributed by atoms with van der Waals surface area (Å²) < 4.78 is 35.9. The molecule has 16 heavy (non-hydrogen) atoms. The molecule has 5 heteroatoms. The molecule has 0 radical (unpaired) electrons. The molecule has 1 atom stereocenters. The van der Waals surface area contributed by atoms with Gasteiger partial charge in [-0.15, -0.1) is 0 Å². The van der Waals surface area contributed by atoms with Crippen LogP contribution in [0.3, 0.4) is 0 Å². The molecule has 2 nitrogen and oxygen atoms in total. The van der Waals surface area contributed by atoms with E-state index in [9.17, 15) is 18.3 Å². The van der Waals surface area contributed by atoms with E-state index in [1.807, 2.05) is 0 Å². The van der Waals surface area contributed by atoms with Gasteiger partial charge in [0.25, 0.3) is 0 Å². The molecule has 0 heterocycles. The number of hydrogen-bond acceptors (Lipinski definition) is 2. The van der Waals surface area contributed by atoms with Crippen molar-refractivity contribution in [1.29, 1.82) is 0 Å². The molecule has 1 saturated carbocycles. The number of aliphatic hydroxyl groups excluding tert-OH is 1. The van der Waals surface area contributed by atoms with Crippen molar-refractivity contribution in [3.8, 4) is 0 Å². The SMILES string of the molecule is CC(CO)(CCCC(F)(F)F)NCC1CC1. The van der Waals surface area contributed by atoms with E-state index in [4.69, 9.17) is 0 Å². The van der Waals surface area contributed by atoms with Crippen molar-refractivity contribution in [2.24, 2.45) is 5.92 Å². The van der Waals surface area contributed by atoms with E-state index in [1.165, 1.54) is 12.8 Å². The predicted octanol–water partition coefficient (Wildman–Crippen LogP) is 2.47. The fourth-order valence-corrected chi connectivity index (χ4v) is 1.62. The lowest BCUT2D eigenvalue weighted by atomic mass is 9.95. The molecule has 0 amide bonds. The minimum atomic E-state index is -4.09. The molecule has 0 aliphatic heterocycles. The van der Waals surface area contributed by atoms with E-state index >= 15 is 0 Å². The van der Waals surface area contributed by atoms with E-state index in [2.05, 4.69) is 5.32 Å². The second-order valence-electron chi connectivity index (χ2n) is 5.01. The summed E-state index contributed by atoms with van der Waals surface area (Å²) in [5.74, 6) is 0.661. The molecule has 0 spiro atoms. The Morgan fingerprint density at radius 3 is 2.31 bits per heavy atom. The van der Waals surface area contributed by atoms with Gasteiger partial charge >= 0.3 is 6.18 Å². The summed E-state index contributed by atoms with van der Waals surface area (Å²) in [4.78, 5) is 0. The molecule has 1 aliphatic carbocycles. The Hall–Kier alpha value is -0.290. The number of rotatable bonds is 7. The van der Waals surface area contributed by atoms with Crippen molar-refractivity contribution in [1.82, 2.24) is 5.32 Å². The van der Waals surface area contributed by atoms with Gasteiger partial charge in [-0.1, -0.05) is 0 Å². The topological polar surface area (TPSA) is 32.3 Å². The third-order valence-corrected chi connectivity index (χ3v) is 3.05. The molecule has 1 unspecified atom stereocenters. The maximum atomic E-state index is 12.0. The van der Waals surface area contributed by atoms with Crippen LogP contribution in [0.1, 0.15) is 39.0 Å². The summed E-state index contributed by atoms with van der Waals surface area (Å²) in [5, 5.41) is 12.4. The average Bonchev–Trinajstić information content (AvgIpc) is 2.96. The van der Waals surface area contributed by atoms with Gasteiger partial charge in [0.2, 0.25) is 0 Å². The van der Waals surface area contributed by atoms with Crippen molar-refractivity contribution >= 4 is 0 Å². The second-order valence-corrected chi connectivity index (χ2v) is 5.01. The highest BCUT2D eigenvalue weighted by molar-refractivity contribution is 4.86. The van der Waals surface area contributed by atoms with Crippen LogP contribution in [0.5, 0.6) is 0 Å². The quantitative estimate of drug-likeness (QED) is 0.715. The van der Waals surface area contributed by atoms with Gasteiger partial charge in [0.1, 0.15) is 0 Å².